The van der Waals surface area contributed by atoms with Crippen LogP contribution in [-0.4, -0.2) is 11.5 Å². The van der Waals surface area contributed by atoms with Crippen molar-refractivity contribution in [1.82, 2.24) is 4.98 Å². The molecule has 0 saturated carbocycles. The quantitative estimate of drug-likeness (QED) is 0.738. The first-order chi connectivity index (χ1) is 5.88. The third-order valence-electron chi connectivity index (χ3n) is 2.03. The largest absolute Gasteiger partial charge is 0.330 e. The molecule has 12 heavy (non-hydrogen) atoms. The summed E-state index contributed by atoms with van der Waals surface area (Å²) in [6.45, 7) is 2.87. The summed E-state index contributed by atoms with van der Waals surface area (Å²) in [5.41, 5.74) is 6.78. The van der Waals surface area contributed by atoms with Crippen molar-refractivity contribution < 1.29 is 0 Å². The summed E-state index contributed by atoms with van der Waals surface area (Å²) in [7, 11) is 0. The SMILES string of the molecule is CCCC(CN)c1ccccn1. The fourth-order valence-electron chi connectivity index (χ4n) is 1.35. The van der Waals surface area contributed by atoms with Crippen molar-refractivity contribution in [3.63, 3.8) is 0 Å². The van der Waals surface area contributed by atoms with Crippen molar-refractivity contribution in [2.75, 3.05) is 6.54 Å². The van der Waals surface area contributed by atoms with E-state index in [4.69, 9.17) is 5.73 Å². The van der Waals surface area contributed by atoms with Crippen LogP contribution in [0.25, 0.3) is 0 Å². The topological polar surface area (TPSA) is 38.9 Å². The molecule has 0 fully saturated rings. The van der Waals surface area contributed by atoms with E-state index < -0.39 is 0 Å². The van der Waals surface area contributed by atoms with Gasteiger partial charge < -0.3 is 5.73 Å². The van der Waals surface area contributed by atoms with Gasteiger partial charge in [0.1, 0.15) is 0 Å². The maximum absolute atomic E-state index is 5.65. The summed E-state index contributed by atoms with van der Waals surface area (Å²) in [5.74, 6) is 0.441. The van der Waals surface area contributed by atoms with Crippen molar-refractivity contribution in [2.24, 2.45) is 5.73 Å². The van der Waals surface area contributed by atoms with Crippen LogP contribution in [0.4, 0.5) is 0 Å². The summed E-state index contributed by atoms with van der Waals surface area (Å²) in [5, 5.41) is 0. The van der Waals surface area contributed by atoms with Gasteiger partial charge in [0.05, 0.1) is 0 Å². The summed E-state index contributed by atoms with van der Waals surface area (Å²) < 4.78 is 0. The van der Waals surface area contributed by atoms with Crippen LogP contribution in [-0.2, 0) is 0 Å². The van der Waals surface area contributed by atoms with Gasteiger partial charge in [0, 0.05) is 24.4 Å². The van der Waals surface area contributed by atoms with E-state index in [9.17, 15) is 0 Å². The van der Waals surface area contributed by atoms with E-state index in [1.807, 2.05) is 24.4 Å². The summed E-state index contributed by atoms with van der Waals surface area (Å²) in [6.07, 6.45) is 4.12. The van der Waals surface area contributed by atoms with Crippen LogP contribution in [0.15, 0.2) is 24.4 Å². The minimum Gasteiger partial charge on any atom is -0.330 e. The lowest BCUT2D eigenvalue weighted by Gasteiger charge is -2.11. The van der Waals surface area contributed by atoms with Crippen LogP contribution >= 0.6 is 0 Å². The first-order valence-electron chi connectivity index (χ1n) is 4.49. The zero-order valence-electron chi connectivity index (χ0n) is 7.53. The van der Waals surface area contributed by atoms with Gasteiger partial charge in [-0.3, -0.25) is 4.98 Å². The number of hydrogen-bond acceptors (Lipinski definition) is 2. The number of hydrogen-bond donors (Lipinski definition) is 1. The Kier molecular flexibility index (Phi) is 3.74. The third kappa shape index (κ3) is 2.31. The van der Waals surface area contributed by atoms with E-state index in [0.717, 1.165) is 12.1 Å². The Morgan fingerprint density at radius 2 is 2.33 bits per heavy atom. The van der Waals surface area contributed by atoms with Crippen molar-refractivity contribution in [1.29, 1.82) is 0 Å². The normalized spacial score (nSPS) is 12.8. The first-order valence-corrected chi connectivity index (χ1v) is 4.49. The third-order valence-corrected chi connectivity index (χ3v) is 2.03. The van der Waals surface area contributed by atoms with Gasteiger partial charge in [0.25, 0.3) is 0 Å². The lowest BCUT2D eigenvalue weighted by molar-refractivity contribution is 0.607. The molecule has 0 spiro atoms. The summed E-state index contributed by atoms with van der Waals surface area (Å²) in [6, 6.07) is 6.00. The van der Waals surface area contributed by atoms with Crippen molar-refractivity contribution >= 4 is 0 Å². The predicted molar refractivity (Wildman–Crippen MR) is 50.9 cm³/mol. The number of nitrogens with zero attached hydrogens (tertiary/aromatic N) is 1. The molecule has 1 unspecified atom stereocenters. The molecule has 1 aromatic rings. The average Bonchev–Trinajstić information content (AvgIpc) is 2.15. The molecule has 2 N–H and O–H groups in total. The fraction of sp³-hybridized carbons (Fsp3) is 0.500. The van der Waals surface area contributed by atoms with Gasteiger partial charge in [-0.25, -0.2) is 0 Å². The van der Waals surface area contributed by atoms with E-state index in [-0.39, 0.29) is 0 Å². The Labute approximate surface area is 73.8 Å². The Bertz CT molecular complexity index is 208. The molecule has 0 aliphatic heterocycles. The monoisotopic (exact) mass is 164 g/mol. The molecule has 0 bridgehead atoms. The van der Waals surface area contributed by atoms with Crippen molar-refractivity contribution in [2.45, 2.75) is 25.7 Å². The number of nitrogens with two attached hydrogens (primary N) is 1. The lowest BCUT2D eigenvalue weighted by Crippen LogP contribution is -2.13. The van der Waals surface area contributed by atoms with Gasteiger partial charge in [0.15, 0.2) is 0 Å². The van der Waals surface area contributed by atoms with E-state index in [1.54, 1.807) is 0 Å². The van der Waals surface area contributed by atoms with E-state index in [1.165, 1.54) is 6.42 Å². The second kappa shape index (κ2) is 4.88. The van der Waals surface area contributed by atoms with Crippen LogP contribution in [0.3, 0.4) is 0 Å². The van der Waals surface area contributed by atoms with Gasteiger partial charge in [0.2, 0.25) is 0 Å². The molecule has 2 heteroatoms. The highest BCUT2D eigenvalue weighted by Crippen LogP contribution is 2.16. The maximum Gasteiger partial charge on any atom is 0.0447 e. The molecule has 0 saturated heterocycles. The Balaban J connectivity index is 2.66. The lowest BCUT2D eigenvalue weighted by atomic mass is 10.00. The standard InChI is InChI=1S/C10H16N2/c1-2-5-9(8-11)10-6-3-4-7-12-10/h3-4,6-7,9H,2,5,8,11H2,1H3. The van der Waals surface area contributed by atoms with Crippen LogP contribution in [0, 0.1) is 0 Å². The predicted octanol–water partition coefficient (Wildman–Crippen LogP) is 1.92. The van der Waals surface area contributed by atoms with Gasteiger partial charge in [-0.2, -0.15) is 0 Å². The van der Waals surface area contributed by atoms with Crippen molar-refractivity contribution in [3.05, 3.63) is 30.1 Å². The fourth-order valence-corrected chi connectivity index (χ4v) is 1.35. The molecule has 1 atom stereocenters. The van der Waals surface area contributed by atoms with Crippen LogP contribution < -0.4 is 5.73 Å². The van der Waals surface area contributed by atoms with E-state index in [2.05, 4.69) is 11.9 Å². The Morgan fingerprint density at radius 1 is 1.50 bits per heavy atom. The molecule has 0 aromatic carbocycles. The molecule has 0 aliphatic carbocycles. The highest BCUT2D eigenvalue weighted by molar-refractivity contribution is 5.09. The molecular weight excluding hydrogens is 148 g/mol. The molecule has 0 amide bonds. The second-order valence-electron chi connectivity index (χ2n) is 2.98. The van der Waals surface area contributed by atoms with Crippen LogP contribution in [0.5, 0.6) is 0 Å². The van der Waals surface area contributed by atoms with Crippen LogP contribution in [0.2, 0.25) is 0 Å². The highest BCUT2D eigenvalue weighted by Gasteiger charge is 2.08. The molecule has 1 heterocycles. The molecule has 66 valence electrons. The highest BCUT2D eigenvalue weighted by atomic mass is 14.7. The molecule has 0 aliphatic rings. The summed E-state index contributed by atoms with van der Waals surface area (Å²) >= 11 is 0. The van der Waals surface area contributed by atoms with Gasteiger partial charge in [-0.1, -0.05) is 19.4 Å². The van der Waals surface area contributed by atoms with E-state index in [0.29, 0.717) is 12.5 Å². The molecular formula is C10H16N2. The number of aromatic nitrogens is 1. The first kappa shape index (κ1) is 9.20. The van der Waals surface area contributed by atoms with Gasteiger partial charge in [-0.05, 0) is 18.6 Å². The molecule has 0 radical (unpaired) electrons. The molecule has 1 aromatic heterocycles. The van der Waals surface area contributed by atoms with Gasteiger partial charge >= 0.3 is 0 Å². The van der Waals surface area contributed by atoms with Crippen molar-refractivity contribution in [3.8, 4) is 0 Å². The maximum atomic E-state index is 5.65. The number of rotatable bonds is 4. The minimum absolute atomic E-state index is 0.441. The molecule has 2 nitrogen and oxygen atoms in total. The molecule has 1 rings (SSSR count). The van der Waals surface area contributed by atoms with E-state index >= 15 is 0 Å². The second-order valence-corrected chi connectivity index (χ2v) is 2.98. The van der Waals surface area contributed by atoms with Crippen LogP contribution in [0.1, 0.15) is 31.4 Å². The Morgan fingerprint density at radius 3 is 2.83 bits per heavy atom. The van der Waals surface area contributed by atoms with Gasteiger partial charge in [-0.15, -0.1) is 0 Å². The zero-order valence-corrected chi connectivity index (χ0v) is 7.53. The number of pyridine rings is 1. The smallest absolute Gasteiger partial charge is 0.0447 e. The minimum atomic E-state index is 0.441. The average molecular weight is 164 g/mol. The Hall–Kier alpha value is -0.890. The zero-order chi connectivity index (χ0) is 8.81. The summed E-state index contributed by atoms with van der Waals surface area (Å²) in [4.78, 5) is 4.29.